The Bertz CT molecular complexity index is 530. The lowest BCUT2D eigenvalue weighted by molar-refractivity contribution is 0.0243. The van der Waals surface area contributed by atoms with Gasteiger partial charge in [-0.2, -0.15) is 0 Å². The summed E-state index contributed by atoms with van der Waals surface area (Å²) in [5.74, 6) is 0.889. The van der Waals surface area contributed by atoms with Gasteiger partial charge < -0.3 is 14.5 Å². The normalized spacial score (nSPS) is 15.5. The average molecular weight is 310 g/mol. The first-order chi connectivity index (χ1) is 9.80. The maximum atomic E-state index is 12.2. The van der Waals surface area contributed by atoms with Crippen molar-refractivity contribution in [2.24, 2.45) is 0 Å². The van der Waals surface area contributed by atoms with E-state index >= 15 is 0 Å². The minimum absolute atomic E-state index is 0.294. The highest BCUT2D eigenvalue weighted by molar-refractivity contribution is 7.98. The van der Waals surface area contributed by atoms with Crippen molar-refractivity contribution in [2.75, 3.05) is 31.3 Å². The molecule has 21 heavy (non-hydrogen) atoms. The second-order valence-electron chi connectivity index (χ2n) is 6.03. The molecule has 0 bridgehead atoms. The highest BCUT2D eigenvalue weighted by atomic mass is 32.2. The van der Waals surface area contributed by atoms with Gasteiger partial charge in [-0.15, -0.1) is 0 Å². The predicted molar refractivity (Wildman–Crippen MR) is 83.7 cm³/mol. The van der Waals surface area contributed by atoms with Gasteiger partial charge in [0.25, 0.3) is 0 Å². The number of fused-ring (bicyclic) bond motifs is 1. The summed E-state index contributed by atoms with van der Waals surface area (Å²) in [5, 5.41) is 0.742. The summed E-state index contributed by atoms with van der Waals surface area (Å²) in [7, 11) is 1.98. The topological polar surface area (TPSA) is 58.6 Å². The first-order valence-corrected chi connectivity index (χ1v) is 8.11. The lowest BCUT2D eigenvalue weighted by Gasteiger charge is -2.26. The second-order valence-corrected chi connectivity index (χ2v) is 6.80. The van der Waals surface area contributed by atoms with E-state index in [1.165, 1.54) is 11.8 Å². The summed E-state index contributed by atoms with van der Waals surface area (Å²) >= 11 is 1.51. The molecule has 116 valence electrons. The Morgan fingerprint density at radius 1 is 1.38 bits per heavy atom. The number of hydrogen-bond acceptors (Lipinski definition) is 6. The fourth-order valence-electron chi connectivity index (χ4n) is 2.07. The Balaban J connectivity index is 2.21. The van der Waals surface area contributed by atoms with Gasteiger partial charge in [0.1, 0.15) is 11.4 Å². The molecule has 7 heteroatoms. The number of likely N-dealkylation sites (N-methyl/N-ethyl adjacent to an activating group) is 1. The molecule has 0 unspecified atom stereocenters. The largest absolute Gasteiger partial charge is 0.444 e. The number of aromatic nitrogens is 2. The SMILES string of the molecule is CSc1ncc2c(n1)N(C)CCN(C(=O)OC(C)(C)C)C2. The first-order valence-electron chi connectivity index (χ1n) is 6.89. The first kappa shape index (κ1) is 15.9. The van der Waals surface area contributed by atoms with E-state index in [-0.39, 0.29) is 6.09 Å². The summed E-state index contributed by atoms with van der Waals surface area (Å²) in [5.41, 5.74) is 0.454. The minimum atomic E-state index is -0.489. The molecule has 0 aromatic carbocycles. The Labute approximate surface area is 129 Å². The van der Waals surface area contributed by atoms with Gasteiger partial charge in [-0.25, -0.2) is 14.8 Å². The number of carbonyl (C=O) groups is 1. The second kappa shape index (κ2) is 6.09. The standard InChI is InChI=1S/C14H22N4O2S/c1-14(2,3)20-13(19)18-7-6-17(4)11-10(9-18)8-15-12(16-11)21-5/h8H,6-7,9H2,1-5H3. The van der Waals surface area contributed by atoms with Crippen LogP contribution in [-0.4, -0.2) is 53.0 Å². The summed E-state index contributed by atoms with van der Waals surface area (Å²) in [6.07, 6.45) is 3.45. The van der Waals surface area contributed by atoms with Gasteiger partial charge in [-0.3, -0.25) is 0 Å². The van der Waals surface area contributed by atoms with E-state index in [1.807, 2.05) is 34.1 Å². The predicted octanol–water partition coefficient (Wildman–Crippen LogP) is 2.39. The van der Waals surface area contributed by atoms with Crippen LogP contribution in [0.25, 0.3) is 0 Å². The number of nitrogens with zero attached hydrogens (tertiary/aromatic N) is 4. The monoisotopic (exact) mass is 310 g/mol. The number of rotatable bonds is 1. The van der Waals surface area contributed by atoms with E-state index in [0.29, 0.717) is 13.1 Å². The van der Waals surface area contributed by atoms with Crippen LogP contribution in [0, 0.1) is 0 Å². The molecule has 6 nitrogen and oxygen atoms in total. The third kappa shape index (κ3) is 4.00. The number of hydrogen-bond donors (Lipinski definition) is 0. The molecule has 1 aliphatic heterocycles. The summed E-state index contributed by atoms with van der Waals surface area (Å²) in [6.45, 7) is 7.42. The summed E-state index contributed by atoms with van der Waals surface area (Å²) in [4.78, 5) is 24.8. The Kier molecular flexibility index (Phi) is 4.61. The van der Waals surface area contributed by atoms with E-state index in [9.17, 15) is 4.79 Å². The smallest absolute Gasteiger partial charge is 0.410 e. The molecule has 1 aromatic rings. The van der Waals surface area contributed by atoms with Gasteiger partial charge in [-0.1, -0.05) is 11.8 Å². The fraction of sp³-hybridized carbons (Fsp3) is 0.643. The van der Waals surface area contributed by atoms with Crippen molar-refractivity contribution in [1.82, 2.24) is 14.9 Å². The van der Waals surface area contributed by atoms with Gasteiger partial charge >= 0.3 is 6.09 Å². The molecule has 0 atom stereocenters. The zero-order valence-electron chi connectivity index (χ0n) is 13.2. The van der Waals surface area contributed by atoms with Crippen LogP contribution in [0.2, 0.25) is 0 Å². The molecule has 1 aliphatic rings. The molecular formula is C14H22N4O2S. The molecule has 0 saturated heterocycles. The Hall–Kier alpha value is -1.50. The van der Waals surface area contributed by atoms with Crippen molar-refractivity contribution < 1.29 is 9.53 Å². The molecule has 2 rings (SSSR count). The minimum Gasteiger partial charge on any atom is -0.444 e. The van der Waals surface area contributed by atoms with Crippen LogP contribution in [0.1, 0.15) is 26.3 Å². The average Bonchev–Trinajstić information content (AvgIpc) is 2.56. The van der Waals surface area contributed by atoms with Crippen LogP contribution < -0.4 is 4.90 Å². The lowest BCUT2D eigenvalue weighted by Crippen LogP contribution is -2.38. The third-order valence-corrected chi connectivity index (χ3v) is 3.64. The van der Waals surface area contributed by atoms with Gasteiger partial charge in [0, 0.05) is 31.9 Å². The molecule has 0 spiro atoms. The summed E-state index contributed by atoms with van der Waals surface area (Å²) in [6, 6.07) is 0. The highest BCUT2D eigenvalue weighted by Crippen LogP contribution is 2.24. The number of carbonyl (C=O) groups excluding carboxylic acids is 1. The molecule has 0 radical (unpaired) electrons. The number of ether oxygens (including phenoxy) is 1. The van der Waals surface area contributed by atoms with Crippen molar-refractivity contribution in [1.29, 1.82) is 0 Å². The van der Waals surface area contributed by atoms with E-state index in [1.54, 1.807) is 11.1 Å². The molecular weight excluding hydrogens is 288 g/mol. The fourth-order valence-corrected chi connectivity index (χ4v) is 2.40. The number of amides is 1. The zero-order chi connectivity index (χ0) is 15.6. The molecule has 0 aliphatic carbocycles. The van der Waals surface area contributed by atoms with E-state index in [0.717, 1.165) is 23.1 Å². The van der Waals surface area contributed by atoms with Crippen LogP contribution in [0.5, 0.6) is 0 Å². The molecule has 0 N–H and O–H groups in total. The zero-order valence-corrected chi connectivity index (χ0v) is 14.0. The van der Waals surface area contributed by atoms with E-state index in [2.05, 4.69) is 14.9 Å². The Morgan fingerprint density at radius 3 is 2.71 bits per heavy atom. The maximum Gasteiger partial charge on any atom is 0.410 e. The lowest BCUT2D eigenvalue weighted by atomic mass is 10.2. The molecule has 2 heterocycles. The number of thioether (sulfide) groups is 1. The molecule has 0 fully saturated rings. The molecule has 1 amide bonds. The highest BCUT2D eigenvalue weighted by Gasteiger charge is 2.26. The molecule has 1 aromatic heterocycles. The van der Waals surface area contributed by atoms with Crippen molar-refractivity contribution >= 4 is 23.7 Å². The van der Waals surface area contributed by atoms with Crippen molar-refractivity contribution in [3.8, 4) is 0 Å². The van der Waals surface area contributed by atoms with Gasteiger partial charge in [0.05, 0.1) is 6.54 Å². The number of anilines is 1. The van der Waals surface area contributed by atoms with Crippen molar-refractivity contribution in [3.05, 3.63) is 11.8 Å². The van der Waals surface area contributed by atoms with Crippen LogP contribution in [0.3, 0.4) is 0 Å². The molecule has 0 saturated carbocycles. The van der Waals surface area contributed by atoms with E-state index < -0.39 is 5.60 Å². The quantitative estimate of drug-likeness (QED) is 0.586. The third-order valence-electron chi connectivity index (χ3n) is 3.08. The van der Waals surface area contributed by atoms with E-state index in [4.69, 9.17) is 4.74 Å². The van der Waals surface area contributed by atoms with Gasteiger partial charge in [0.2, 0.25) is 0 Å². The van der Waals surface area contributed by atoms with Crippen LogP contribution in [-0.2, 0) is 11.3 Å². The van der Waals surface area contributed by atoms with Crippen LogP contribution in [0.4, 0.5) is 10.6 Å². The summed E-state index contributed by atoms with van der Waals surface area (Å²) < 4.78 is 5.45. The van der Waals surface area contributed by atoms with Gasteiger partial charge in [-0.05, 0) is 27.0 Å². The van der Waals surface area contributed by atoms with Crippen molar-refractivity contribution in [3.63, 3.8) is 0 Å². The van der Waals surface area contributed by atoms with Crippen LogP contribution in [0.15, 0.2) is 11.4 Å². The maximum absolute atomic E-state index is 12.2. The van der Waals surface area contributed by atoms with Crippen LogP contribution >= 0.6 is 11.8 Å². The van der Waals surface area contributed by atoms with Gasteiger partial charge in [0.15, 0.2) is 5.16 Å². The van der Waals surface area contributed by atoms with Crippen molar-refractivity contribution in [2.45, 2.75) is 38.1 Å². The Morgan fingerprint density at radius 2 is 2.10 bits per heavy atom.